The van der Waals surface area contributed by atoms with Crippen LogP contribution in [0.1, 0.15) is 30.4 Å². The normalized spacial score (nSPS) is 15.7. The molecule has 0 aliphatic heterocycles. The van der Waals surface area contributed by atoms with E-state index in [4.69, 9.17) is 5.73 Å². The highest BCUT2D eigenvalue weighted by molar-refractivity contribution is 7.52. The van der Waals surface area contributed by atoms with E-state index in [1.165, 1.54) is 35.2 Å². The van der Waals surface area contributed by atoms with Gasteiger partial charge in [-0.3, -0.25) is 18.9 Å². The Morgan fingerprint density at radius 1 is 0.659 bits per heavy atom. The fraction of sp³-hybridized carbons (Fsp3) is 0.520. The van der Waals surface area contributed by atoms with Crippen LogP contribution in [0.3, 0.4) is 0 Å². The van der Waals surface area contributed by atoms with Crippen LogP contribution in [0, 0.1) is 0 Å². The summed E-state index contributed by atoms with van der Waals surface area (Å²) in [7, 11) is -10.2. The van der Waals surface area contributed by atoms with Crippen LogP contribution < -0.4 is 5.73 Å². The van der Waals surface area contributed by atoms with E-state index in [1.807, 2.05) is 0 Å². The van der Waals surface area contributed by atoms with Crippen LogP contribution in [0.15, 0.2) is 48.5 Å². The molecule has 232 valence electrons. The van der Waals surface area contributed by atoms with Crippen molar-refractivity contribution in [2.45, 2.75) is 56.0 Å². The van der Waals surface area contributed by atoms with Crippen LogP contribution in [0.4, 0.5) is 0 Å². The Balaban J connectivity index is 2.78. The number of aliphatic hydroxyl groups excluding tert-OH is 3. The van der Waals surface area contributed by atoms with Crippen molar-refractivity contribution >= 4 is 15.2 Å². The summed E-state index contributed by atoms with van der Waals surface area (Å²) >= 11 is 0. The maximum atomic E-state index is 12.6. The van der Waals surface area contributed by atoms with Crippen LogP contribution in [-0.2, 0) is 22.2 Å². The van der Waals surface area contributed by atoms with Gasteiger partial charge >= 0.3 is 15.2 Å². The predicted molar refractivity (Wildman–Crippen MR) is 151 cm³/mol. The fourth-order valence-electron chi connectivity index (χ4n) is 4.90. The molecule has 14 nitrogen and oxygen atoms in total. The molecule has 2 aromatic rings. The Kier molecular flexibility index (Phi) is 13.8. The minimum atomic E-state index is -5.09. The molecule has 0 spiro atoms. The third-order valence-corrected chi connectivity index (χ3v) is 9.47. The fourth-order valence-corrected chi connectivity index (χ4v) is 6.61. The first-order valence-corrected chi connectivity index (χ1v) is 16.3. The van der Waals surface area contributed by atoms with Crippen molar-refractivity contribution in [2.24, 2.45) is 5.73 Å². The Morgan fingerprint density at radius 3 is 1.41 bits per heavy atom. The molecule has 0 aliphatic rings. The number of rotatable bonds is 18. The number of benzene rings is 2. The van der Waals surface area contributed by atoms with Crippen molar-refractivity contribution in [3.8, 4) is 11.5 Å². The SMILES string of the molecule is NCCCCC(C(CO)N(Cc1ccccc1O)C(CO)P(=O)(O)O)N(Cc1ccccc1O)C(CO)P(=O)(O)O. The second-order valence-corrected chi connectivity index (χ2v) is 13.3. The lowest BCUT2D eigenvalue weighted by Crippen LogP contribution is -2.59. The van der Waals surface area contributed by atoms with Crippen LogP contribution in [0.25, 0.3) is 0 Å². The molecule has 0 amide bonds. The summed E-state index contributed by atoms with van der Waals surface area (Å²) in [4.78, 5) is 43.1. The van der Waals surface area contributed by atoms with Gasteiger partial charge in [0.15, 0.2) is 0 Å². The molecule has 41 heavy (non-hydrogen) atoms. The summed E-state index contributed by atoms with van der Waals surface area (Å²) in [6.07, 6.45) is 0.904. The predicted octanol–water partition coefficient (Wildman–Crippen LogP) is 0.253. The van der Waals surface area contributed by atoms with E-state index in [0.717, 1.165) is 4.90 Å². The number of hydrogen-bond acceptors (Lipinski definition) is 10. The van der Waals surface area contributed by atoms with Gasteiger partial charge in [0, 0.05) is 36.3 Å². The quantitative estimate of drug-likeness (QED) is 0.0792. The number of phenols is 2. The Hall–Kier alpha value is -1.90. The van der Waals surface area contributed by atoms with Crippen LogP contribution in [-0.4, -0.2) is 105 Å². The minimum Gasteiger partial charge on any atom is -0.508 e. The molecule has 4 atom stereocenters. The molecule has 4 unspecified atom stereocenters. The molecule has 0 aliphatic carbocycles. The maximum absolute atomic E-state index is 12.6. The van der Waals surface area contributed by atoms with Crippen molar-refractivity contribution < 1.29 is 54.2 Å². The molecule has 0 aromatic heterocycles. The Bertz CT molecular complexity index is 1180. The molecule has 0 saturated carbocycles. The molecule has 0 fully saturated rings. The van der Waals surface area contributed by atoms with Gasteiger partial charge in [0.25, 0.3) is 0 Å². The van der Waals surface area contributed by atoms with Gasteiger partial charge in [-0.15, -0.1) is 0 Å². The van der Waals surface area contributed by atoms with E-state index in [2.05, 4.69) is 0 Å². The molecule has 0 heterocycles. The number of aromatic hydroxyl groups is 2. The topological polar surface area (TPSA) is 249 Å². The van der Waals surface area contributed by atoms with Gasteiger partial charge < -0.3 is 50.8 Å². The molecule has 0 saturated heterocycles. The van der Waals surface area contributed by atoms with Gasteiger partial charge in [0.05, 0.1) is 19.8 Å². The lowest BCUT2D eigenvalue weighted by molar-refractivity contribution is -0.0119. The van der Waals surface area contributed by atoms with E-state index >= 15 is 0 Å². The standard InChI is InChI=1S/C25H41N3O11P2/c26-12-6-5-9-20(27(24(16-30)40(34,35)36)13-18-7-1-3-10-22(18)32)21(15-29)28(25(17-31)41(37,38)39)14-19-8-2-4-11-23(19)33/h1-4,7-8,10-11,20-21,24-25,29-33H,5-6,9,12-17,26H2,(H2,34,35,36)(H2,37,38,39). The molecule has 11 N–H and O–H groups in total. The molecule has 2 rings (SSSR count). The monoisotopic (exact) mass is 621 g/mol. The molecule has 0 radical (unpaired) electrons. The number of aliphatic hydroxyl groups is 3. The van der Waals surface area contributed by atoms with Gasteiger partial charge in [-0.25, -0.2) is 0 Å². The zero-order valence-electron chi connectivity index (χ0n) is 22.5. The summed E-state index contributed by atoms with van der Waals surface area (Å²) in [5, 5.41) is 51.8. The first kappa shape index (κ1) is 35.3. The first-order chi connectivity index (χ1) is 19.3. The molecule has 0 bridgehead atoms. The number of unbranched alkanes of at least 4 members (excludes halogenated alkanes) is 1. The highest BCUT2D eigenvalue weighted by atomic mass is 31.2. The summed E-state index contributed by atoms with van der Waals surface area (Å²) in [6, 6.07) is 9.55. The highest BCUT2D eigenvalue weighted by Crippen LogP contribution is 2.48. The van der Waals surface area contributed by atoms with E-state index in [1.54, 1.807) is 18.2 Å². The lowest BCUT2D eigenvalue weighted by Gasteiger charge is -2.46. The third kappa shape index (κ3) is 9.82. The smallest absolute Gasteiger partial charge is 0.344 e. The highest BCUT2D eigenvalue weighted by Gasteiger charge is 2.46. The van der Waals surface area contributed by atoms with Crippen molar-refractivity contribution in [1.29, 1.82) is 0 Å². The maximum Gasteiger partial charge on any atom is 0.344 e. The van der Waals surface area contributed by atoms with Crippen molar-refractivity contribution in [2.75, 3.05) is 26.4 Å². The average Bonchev–Trinajstić information content (AvgIpc) is 2.89. The van der Waals surface area contributed by atoms with E-state index in [9.17, 15) is 54.2 Å². The number of nitrogens with zero attached hydrogens (tertiary/aromatic N) is 2. The average molecular weight is 622 g/mol. The van der Waals surface area contributed by atoms with Gasteiger partial charge in [0.1, 0.15) is 23.1 Å². The van der Waals surface area contributed by atoms with Crippen molar-refractivity contribution in [3.05, 3.63) is 59.7 Å². The first-order valence-electron chi connectivity index (χ1n) is 13.0. The summed E-state index contributed by atoms with van der Waals surface area (Å²) in [5.41, 5.74) is 6.11. The van der Waals surface area contributed by atoms with E-state index in [0.29, 0.717) is 12.8 Å². The lowest BCUT2D eigenvalue weighted by atomic mass is 9.96. The molecular formula is C25H41N3O11P2. The van der Waals surface area contributed by atoms with Crippen LogP contribution in [0.5, 0.6) is 11.5 Å². The van der Waals surface area contributed by atoms with E-state index in [-0.39, 0.29) is 48.7 Å². The summed E-state index contributed by atoms with van der Waals surface area (Å²) in [6.45, 7) is -3.30. The Labute approximate surface area is 238 Å². The largest absolute Gasteiger partial charge is 0.508 e. The number of nitrogens with two attached hydrogens (primary N) is 1. The van der Waals surface area contributed by atoms with Gasteiger partial charge in [-0.2, -0.15) is 0 Å². The minimum absolute atomic E-state index is 0.0864. The number of para-hydroxylation sites is 2. The van der Waals surface area contributed by atoms with Gasteiger partial charge in [-0.05, 0) is 31.5 Å². The zero-order valence-corrected chi connectivity index (χ0v) is 24.3. The van der Waals surface area contributed by atoms with Gasteiger partial charge in [0.2, 0.25) is 0 Å². The zero-order chi connectivity index (χ0) is 30.8. The van der Waals surface area contributed by atoms with Crippen LogP contribution in [0.2, 0.25) is 0 Å². The second-order valence-electron chi connectivity index (χ2n) is 9.71. The summed E-state index contributed by atoms with van der Waals surface area (Å²) < 4.78 is 25.2. The summed E-state index contributed by atoms with van der Waals surface area (Å²) in [5.74, 6) is -4.11. The number of hydrogen-bond donors (Lipinski definition) is 10. The van der Waals surface area contributed by atoms with E-state index < -0.39 is 58.7 Å². The molecule has 16 heteroatoms. The Morgan fingerprint density at radius 2 is 1.07 bits per heavy atom. The molecule has 2 aromatic carbocycles. The third-order valence-electron chi connectivity index (χ3n) is 7.00. The van der Waals surface area contributed by atoms with Crippen molar-refractivity contribution in [3.63, 3.8) is 0 Å². The van der Waals surface area contributed by atoms with Crippen molar-refractivity contribution in [1.82, 2.24) is 9.80 Å². The molecular weight excluding hydrogens is 580 g/mol. The number of phenolic OH excluding ortho intramolecular Hbond substituents is 2. The second kappa shape index (κ2) is 16.1. The van der Waals surface area contributed by atoms with Gasteiger partial charge in [-0.1, -0.05) is 42.8 Å². The van der Waals surface area contributed by atoms with Crippen LogP contribution >= 0.6 is 15.2 Å².